The molecule has 0 aromatic heterocycles. The maximum absolute atomic E-state index is 11.8. The Morgan fingerprint density at radius 2 is 2.11 bits per heavy atom. The van der Waals surface area contributed by atoms with Gasteiger partial charge >= 0.3 is 5.97 Å². The fourth-order valence-corrected chi connectivity index (χ4v) is 3.32. The van der Waals surface area contributed by atoms with Crippen LogP contribution in [0.4, 0.5) is 5.69 Å². The summed E-state index contributed by atoms with van der Waals surface area (Å²) in [6, 6.07) is 13.2. The van der Waals surface area contributed by atoms with Crippen molar-refractivity contribution in [2.45, 2.75) is 19.8 Å². The van der Waals surface area contributed by atoms with Crippen molar-refractivity contribution in [3.8, 4) is 5.75 Å². The van der Waals surface area contributed by atoms with Crippen molar-refractivity contribution in [1.29, 1.82) is 5.41 Å². The SMILES string of the molecule is C=NC(=N)/C(=C\NCNc1ccc2c(c1)CCNC2=O)C(=O)OCC.COc1cccc(CCO)c1. The average Bonchev–Trinajstić information content (AvgIpc) is 2.89. The highest BCUT2D eigenvalue weighted by Crippen LogP contribution is 2.18. The molecule has 0 spiro atoms. The molecule has 5 N–H and O–H groups in total. The van der Waals surface area contributed by atoms with E-state index in [1.165, 1.54) is 6.20 Å². The molecule has 2 aromatic rings. The number of amidine groups is 1. The summed E-state index contributed by atoms with van der Waals surface area (Å²) in [4.78, 5) is 26.9. The molecule has 0 saturated heterocycles. The predicted molar refractivity (Wildman–Crippen MR) is 140 cm³/mol. The molecule has 10 heteroatoms. The van der Waals surface area contributed by atoms with Crippen LogP contribution in [-0.2, 0) is 22.4 Å². The summed E-state index contributed by atoms with van der Waals surface area (Å²) in [7, 11) is 1.64. The van der Waals surface area contributed by atoms with Crippen molar-refractivity contribution in [2.75, 3.05) is 38.9 Å². The molecule has 2 aromatic carbocycles. The zero-order valence-electron chi connectivity index (χ0n) is 20.6. The maximum Gasteiger partial charge on any atom is 0.343 e. The van der Waals surface area contributed by atoms with Crippen LogP contribution in [-0.4, -0.2) is 63.1 Å². The van der Waals surface area contributed by atoms with Gasteiger partial charge in [0.1, 0.15) is 11.3 Å². The molecule has 0 bridgehead atoms. The number of carbonyl (C=O) groups excluding carboxylic acids is 2. The molecule has 0 fully saturated rings. The number of anilines is 1. The van der Waals surface area contributed by atoms with E-state index in [9.17, 15) is 9.59 Å². The molecule has 192 valence electrons. The Hall–Kier alpha value is -4.18. The number of hydrogen-bond donors (Lipinski definition) is 5. The highest BCUT2D eigenvalue weighted by Gasteiger charge is 2.17. The lowest BCUT2D eigenvalue weighted by atomic mass is 10.00. The number of rotatable bonds is 10. The number of esters is 1. The normalized spacial score (nSPS) is 12.2. The second-order valence-corrected chi connectivity index (χ2v) is 7.55. The number of aliphatic hydroxyl groups excluding tert-OH is 1. The van der Waals surface area contributed by atoms with Gasteiger partial charge in [-0.15, -0.1) is 0 Å². The van der Waals surface area contributed by atoms with E-state index in [1.54, 1.807) is 20.1 Å². The van der Waals surface area contributed by atoms with Crippen LogP contribution in [0.2, 0.25) is 0 Å². The van der Waals surface area contributed by atoms with Crippen LogP contribution in [0.25, 0.3) is 0 Å². The second-order valence-electron chi connectivity index (χ2n) is 7.55. The molecule has 1 amide bonds. The summed E-state index contributed by atoms with van der Waals surface area (Å²) in [6.45, 7) is 6.28. The van der Waals surface area contributed by atoms with E-state index in [4.69, 9.17) is 20.0 Å². The second kappa shape index (κ2) is 14.9. The van der Waals surface area contributed by atoms with Crippen molar-refractivity contribution in [3.05, 3.63) is 70.9 Å². The zero-order chi connectivity index (χ0) is 26.3. The topological polar surface area (TPSA) is 145 Å². The summed E-state index contributed by atoms with van der Waals surface area (Å²) < 4.78 is 9.90. The van der Waals surface area contributed by atoms with Crippen molar-refractivity contribution < 1.29 is 24.2 Å². The first kappa shape index (κ1) is 28.1. The molecule has 1 heterocycles. The smallest absolute Gasteiger partial charge is 0.343 e. The van der Waals surface area contributed by atoms with Crippen LogP contribution >= 0.6 is 0 Å². The van der Waals surface area contributed by atoms with Crippen LogP contribution in [0.1, 0.15) is 28.4 Å². The lowest BCUT2D eigenvalue weighted by molar-refractivity contribution is -0.137. The number of aliphatic imine (C=N–C) groups is 1. The molecule has 1 aliphatic rings. The number of fused-ring (bicyclic) bond motifs is 1. The predicted octanol–water partition coefficient (Wildman–Crippen LogP) is 2.29. The molecule has 10 nitrogen and oxygen atoms in total. The Bertz CT molecular complexity index is 1100. The Labute approximate surface area is 210 Å². The molecule has 0 aliphatic carbocycles. The fourth-order valence-electron chi connectivity index (χ4n) is 3.32. The first-order valence-electron chi connectivity index (χ1n) is 11.5. The van der Waals surface area contributed by atoms with Gasteiger partial charge in [0.15, 0.2) is 5.84 Å². The Balaban J connectivity index is 0.000000346. The molecular weight excluding hydrogens is 462 g/mol. The van der Waals surface area contributed by atoms with E-state index in [0.29, 0.717) is 25.2 Å². The fraction of sp³-hybridized carbons (Fsp3) is 0.308. The summed E-state index contributed by atoms with van der Waals surface area (Å²) in [6.07, 6.45) is 2.85. The standard InChI is InChI=1S/C17H21N5O3.C9H12O2/c1-3-25-17(24)14(15(18)19-2)9-20-10-22-12-4-5-13-11(8-12)6-7-21-16(13)23;1-11-9-4-2-3-8(7-9)5-6-10/h4-5,8-9,18,20,22H,2-3,6-7,10H2,1H3,(H,21,23);2-4,7,10H,5-6H2,1H3/b14-9+,18-15?;. The minimum absolute atomic E-state index is 0.000706. The van der Waals surface area contributed by atoms with Crippen LogP contribution in [0, 0.1) is 5.41 Å². The first-order chi connectivity index (χ1) is 17.4. The van der Waals surface area contributed by atoms with Gasteiger partial charge in [-0.3, -0.25) is 10.2 Å². The van der Waals surface area contributed by atoms with Crippen molar-refractivity contribution in [2.24, 2.45) is 4.99 Å². The first-order valence-corrected chi connectivity index (χ1v) is 11.5. The van der Waals surface area contributed by atoms with Gasteiger partial charge in [0.2, 0.25) is 0 Å². The monoisotopic (exact) mass is 495 g/mol. The largest absolute Gasteiger partial charge is 0.497 e. The molecule has 1 aliphatic heterocycles. The Kier molecular flexibility index (Phi) is 11.7. The molecule has 0 saturated carbocycles. The Morgan fingerprint density at radius 1 is 1.31 bits per heavy atom. The molecule has 3 rings (SSSR count). The van der Waals surface area contributed by atoms with E-state index in [1.807, 2.05) is 36.4 Å². The molecule has 0 radical (unpaired) electrons. The number of benzene rings is 2. The van der Waals surface area contributed by atoms with Crippen LogP contribution in [0.3, 0.4) is 0 Å². The van der Waals surface area contributed by atoms with Crippen LogP contribution < -0.4 is 20.7 Å². The number of hydrogen-bond acceptors (Lipinski definition) is 8. The lowest BCUT2D eigenvalue weighted by Crippen LogP contribution is -2.31. The number of nitrogens with zero attached hydrogens (tertiary/aromatic N) is 1. The number of carbonyl (C=O) groups is 2. The molecule has 0 unspecified atom stereocenters. The van der Waals surface area contributed by atoms with Gasteiger partial charge in [-0.2, -0.15) is 0 Å². The van der Waals surface area contributed by atoms with Crippen LogP contribution in [0.15, 0.2) is 59.2 Å². The van der Waals surface area contributed by atoms with Gasteiger partial charge in [-0.25, -0.2) is 9.79 Å². The molecule has 0 atom stereocenters. The number of aliphatic hydroxyl groups is 1. The summed E-state index contributed by atoms with van der Waals surface area (Å²) in [5.74, 6) is -0.0998. The summed E-state index contributed by atoms with van der Waals surface area (Å²) in [5, 5.41) is 25.1. The van der Waals surface area contributed by atoms with E-state index in [0.717, 1.165) is 29.0 Å². The van der Waals surface area contributed by atoms with E-state index < -0.39 is 5.97 Å². The maximum atomic E-state index is 11.8. The number of amides is 1. The third kappa shape index (κ3) is 8.55. The van der Waals surface area contributed by atoms with Gasteiger partial charge in [-0.05, 0) is 67.9 Å². The van der Waals surface area contributed by atoms with Crippen molar-refractivity contribution in [3.63, 3.8) is 0 Å². The van der Waals surface area contributed by atoms with E-state index >= 15 is 0 Å². The van der Waals surface area contributed by atoms with Gasteiger partial charge in [0, 0.05) is 30.6 Å². The number of nitrogens with one attached hydrogen (secondary N) is 4. The van der Waals surface area contributed by atoms with Gasteiger partial charge < -0.3 is 30.5 Å². The highest BCUT2D eigenvalue weighted by molar-refractivity contribution is 6.18. The van der Waals surface area contributed by atoms with E-state index in [-0.39, 0.29) is 30.5 Å². The van der Waals surface area contributed by atoms with Crippen LogP contribution in [0.5, 0.6) is 5.75 Å². The van der Waals surface area contributed by atoms with E-state index in [2.05, 4.69) is 27.7 Å². The third-order valence-corrected chi connectivity index (χ3v) is 5.11. The average molecular weight is 496 g/mol. The Morgan fingerprint density at radius 3 is 2.81 bits per heavy atom. The molecule has 36 heavy (non-hydrogen) atoms. The highest BCUT2D eigenvalue weighted by atomic mass is 16.5. The number of ether oxygens (including phenoxy) is 2. The minimum atomic E-state index is -0.632. The lowest BCUT2D eigenvalue weighted by Gasteiger charge is -2.17. The molecular formula is C26H33N5O5. The van der Waals surface area contributed by atoms with Gasteiger partial charge in [-0.1, -0.05) is 12.1 Å². The summed E-state index contributed by atoms with van der Waals surface area (Å²) in [5.41, 5.74) is 3.64. The van der Waals surface area contributed by atoms with Gasteiger partial charge in [0.05, 0.1) is 20.4 Å². The van der Waals surface area contributed by atoms with Crippen molar-refractivity contribution >= 4 is 30.1 Å². The van der Waals surface area contributed by atoms with Crippen molar-refractivity contribution in [1.82, 2.24) is 10.6 Å². The third-order valence-electron chi connectivity index (χ3n) is 5.11. The van der Waals surface area contributed by atoms with Gasteiger partial charge in [0.25, 0.3) is 5.91 Å². The number of methoxy groups -OCH3 is 1. The zero-order valence-corrected chi connectivity index (χ0v) is 20.6. The summed E-state index contributed by atoms with van der Waals surface area (Å²) >= 11 is 0. The quantitative estimate of drug-likeness (QED) is 0.0849. The minimum Gasteiger partial charge on any atom is -0.497 e.